The molecule has 1 N–H and O–H groups in total. The molecule has 21 heavy (non-hydrogen) atoms. The van der Waals surface area contributed by atoms with E-state index in [4.69, 9.17) is 5.11 Å². The number of thioether (sulfide) groups is 1. The summed E-state index contributed by atoms with van der Waals surface area (Å²) in [6.45, 7) is 0.239. The predicted octanol–water partition coefficient (Wildman–Crippen LogP) is 1.54. The molecule has 0 spiro atoms. The van der Waals surface area contributed by atoms with Crippen molar-refractivity contribution in [3.63, 3.8) is 0 Å². The Bertz CT molecular complexity index is 635. The first kappa shape index (κ1) is 18.0. The van der Waals surface area contributed by atoms with Crippen molar-refractivity contribution in [1.29, 1.82) is 0 Å². The second kappa shape index (κ2) is 8.39. The van der Waals surface area contributed by atoms with Crippen molar-refractivity contribution in [1.82, 2.24) is 4.31 Å². The number of rotatable bonds is 6. The third-order valence-corrected chi connectivity index (χ3v) is 5.21. The largest absolute Gasteiger partial charge is 0.395 e. The minimum atomic E-state index is -3.71. The third-order valence-electron chi connectivity index (χ3n) is 2.70. The number of aliphatic hydroxyl groups is 1. The molecule has 0 fully saturated rings. The molecule has 0 amide bonds. The topological polar surface area (TPSA) is 57.6 Å². The lowest BCUT2D eigenvalue weighted by Gasteiger charge is -2.17. The lowest BCUT2D eigenvalue weighted by atomic mass is 10.2. The van der Waals surface area contributed by atoms with E-state index in [2.05, 4.69) is 11.8 Å². The molecule has 0 bridgehead atoms. The van der Waals surface area contributed by atoms with Crippen molar-refractivity contribution < 1.29 is 17.9 Å². The minimum Gasteiger partial charge on any atom is -0.395 e. The monoisotopic (exact) mass is 331 g/mol. The number of hydrogen-bond acceptors (Lipinski definition) is 4. The Kier molecular flexibility index (Phi) is 7.18. The standard InChI is InChI=1S/C14H18FNO3S2/c1-16(8-10-20-2)21(18,19)14-7-6-13(15)11-12(14)5-3-4-9-17/h6-7,11,17H,4,8-10H2,1-2H3. The number of nitrogens with zero attached hydrogens (tertiary/aromatic N) is 1. The fourth-order valence-corrected chi connectivity index (χ4v) is 3.41. The molecule has 1 aromatic carbocycles. The fourth-order valence-electron chi connectivity index (χ4n) is 1.55. The van der Waals surface area contributed by atoms with Gasteiger partial charge in [-0.2, -0.15) is 11.8 Å². The fraction of sp³-hybridized carbons (Fsp3) is 0.429. The highest BCUT2D eigenvalue weighted by molar-refractivity contribution is 7.98. The lowest BCUT2D eigenvalue weighted by Crippen LogP contribution is -2.29. The van der Waals surface area contributed by atoms with E-state index in [9.17, 15) is 12.8 Å². The van der Waals surface area contributed by atoms with E-state index in [0.29, 0.717) is 12.3 Å². The third kappa shape index (κ3) is 5.00. The van der Waals surface area contributed by atoms with Crippen LogP contribution in [0.15, 0.2) is 23.1 Å². The van der Waals surface area contributed by atoms with Gasteiger partial charge in [0.1, 0.15) is 5.82 Å². The van der Waals surface area contributed by atoms with E-state index in [1.165, 1.54) is 17.4 Å². The zero-order chi connectivity index (χ0) is 15.9. The van der Waals surface area contributed by atoms with Gasteiger partial charge in [0.2, 0.25) is 10.0 Å². The number of hydrogen-bond donors (Lipinski definition) is 1. The highest BCUT2D eigenvalue weighted by Gasteiger charge is 2.23. The van der Waals surface area contributed by atoms with Crippen LogP contribution >= 0.6 is 11.8 Å². The van der Waals surface area contributed by atoms with Crippen LogP contribution in [0.5, 0.6) is 0 Å². The Balaban J connectivity index is 3.20. The Morgan fingerprint density at radius 3 is 2.76 bits per heavy atom. The zero-order valence-corrected chi connectivity index (χ0v) is 13.6. The van der Waals surface area contributed by atoms with Gasteiger partial charge in [0.25, 0.3) is 0 Å². The molecule has 0 radical (unpaired) electrons. The van der Waals surface area contributed by atoms with Crippen LogP contribution in [0.1, 0.15) is 12.0 Å². The maximum absolute atomic E-state index is 13.3. The molecule has 7 heteroatoms. The summed E-state index contributed by atoms with van der Waals surface area (Å²) in [5.74, 6) is 5.35. The summed E-state index contributed by atoms with van der Waals surface area (Å²) < 4.78 is 39.5. The van der Waals surface area contributed by atoms with Gasteiger partial charge in [0.15, 0.2) is 0 Å². The number of halogens is 1. The van der Waals surface area contributed by atoms with Gasteiger partial charge in [-0.05, 0) is 24.5 Å². The molecule has 4 nitrogen and oxygen atoms in total. The van der Waals surface area contributed by atoms with Crippen LogP contribution in [0.2, 0.25) is 0 Å². The molecule has 0 aromatic heterocycles. The SMILES string of the molecule is CSCCN(C)S(=O)(=O)c1ccc(F)cc1C#CCCO. The van der Waals surface area contributed by atoms with E-state index in [-0.39, 0.29) is 23.5 Å². The molecule has 1 rings (SSSR count). The molecule has 0 saturated heterocycles. The lowest BCUT2D eigenvalue weighted by molar-refractivity contribution is 0.305. The van der Waals surface area contributed by atoms with Crippen LogP contribution in [0.4, 0.5) is 4.39 Å². The van der Waals surface area contributed by atoms with Crippen LogP contribution in [0.25, 0.3) is 0 Å². The van der Waals surface area contributed by atoms with E-state index < -0.39 is 15.8 Å². The maximum Gasteiger partial charge on any atom is 0.244 e. The first-order chi connectivity index (χ1) is 9.93. The maximum atomic E-state index is 13.3. The van der Waals surface area contributed by atoms with Gasteiger partial charge >= 0.3 is 0 Å². The van der Waals surface area contributed by atoms with Gasteiger partial charge in [-0.3, -0.25) is 0 Å². The smallest absolute Gasteiger partial charge is 0.244 e. The average Bonchev–Trinajstić information content (AvgIpc) is 2.44. The van der Waals surface area contributed by atoms with Crippen LogP contribution in [-0.2, 0) is 10.0 Å². The summed E-state index contributed by atoms with van der Waals surface area (Å²) in [5.41, 5.74) is 0.111. The number of aliphatic hydroxyl groups excluding tert-OH is 1. The summed E-state index contributed by atoms with van der Waals surface area (Å²) in [6.07, 6.45) is 2.10. The van der Waals surface area contributed by atoms with Gasteiger partial charge in [0, 0.05) is 31.3 Å². The first-order valence-electron chi connectivity index (χ1n) is 6.28. The van der Waals surface area contributed by atoms with Crippen LogP contribution in [0.3, 0.4) is 0 Å². The van der Waals surface area contributed by atoms with Gasteiger partial charge in [0.05, 0.1) is 11.5 Å². The summed E-state index contributed by atoms with van der Waals surface area (Å²) >= 11 is 1.54. The van der Waals surface area contributed by atoms with Gasteiger partial charge in [-0.1, -0.05) is 11.8 Å². The summed E-state index contributed by atoms with van der Waals surface area (Å²) in [7, 11) is -2.22. The number of sulfonamides is 1. The average molecular weight is 331 g/mol. The first-order valence-corrected chi connectivity index (χ1v) is 9.11. The van der Waals surface area contributed by atoms with Crippen LogP contribution in [0, 0.1) is 17.7 Å². The molecule has 0 saturated carbocycles. The molecule has 0 unspecified atom stereocenters. The van der Waals surface area contributed by atoms with Crippen molar-refractivity contribution in [3.8, 4) is 11.8 Å². The summed E-state index contributed by atoms with van der Waals surface area (Å²) in [5, 5.41) is 8.71. The van der Waals surface area contributed by atoms with E-state index in [0.717, 1.165) is 12.1 Å². The second-order valence-electron chi connectivity index (χ2n) is 4.24. The molecular weight excluding hydrogens is 313 g/mol. The molecule has 0 aliphatic carbocycles. The molecule has 116 valence electrons. The molecule has 0 aliphatic heterocycles. The molecule has 0 heterocycles. The summed E-state index contributed by atoms with van der Waals surface area (Å²) in [4.78, 5) is -0.0158. The van der Waals surface area contributed by atoms with Crippen molar-refractivity contribution in [2.75, 3.05) is 32.2 Å². The van der Waals surface area contributed by atoms with Crippen molar-refractivity contribution in [3.05, 3.63) is 29.6 Å². The Hall–Kier alpha value is -1.07. The Labute approximate surface area is 129 Å². The van der Waals surface area contributed by atoms with Crippen molar-refractivity contribution >= 4 is 21.8 Å². The molecule has 1 aromatic rings. The Morgan fingerprint density at radius 2 is 2.14 bits per heavy atom. The highest BCUT2D eigenvalue weighted by atomic mass is 32.2. The van der Waals surface area contributed by atoms with Gasteiger partial charge < -0.3 is 5.11 Å². The van der Waals surface area contributed by atoms with E-state index in [1.54, 1.807) is 11.8 Å². The highest BCUT2D eigenvalue weighted by Crippen LogP contribution is 2.20. The van der Waals surface area contributed by atoms with Crippen LogP contribution < -0.4 is 0 Å². The minimum absolute atomic E-state index is 0.0158. The van der Waals surface area contributed by atoms with Crippen molar-refractivity contribution in [2.24, 2.45) is 0 Å². The quantitative estimate of drug-likeness (QED) is 0.804. The number of benzene rings is 1. The van der Waals surface area contributed by atoms with Crippen LogP contribution in [-0.4, -0.2) is 50.0 Å². The normalized spacial score (nSPS) is 11.3. The van der Waals surface area contributed by atoms with Crippen molar-refractivity contribution in [2.45, 2.75) is 11.3 Å². The molecule has 0 atom stereocenters. The molecule has 0 aliphatic rings. The summed E-state index contributed by atoms with van der Waals surface area (Å²) in [6, 6.07) is 3.43. The predicted molar refractivity (Wildman–Crippen MR) is 83.2 cm³/mol. The van der Waals surface area contributed by atoms with E-state index >= 15 is 0 Å². The van der Waals surface area contributed by atoms with Gasteiger partial charge in [-0.15, -0.1) is 0 Å². The Morgan fingerprint density at radius 1 is 1.43 bits per heavy atom. The van der Waals surface area contributed by atoms with E-state index in [1.807, 2.05) is 6.26 Å². The molecular formula is C14H18FNO3S2. The second-order valence-corrected chi connectivity index (χ2v) is 7.23. The zero-order valence-electron chi connectivity index (χ0n) is 12.0. The van der Waals surface area contributed by atoms with Gasteiger partial charge in [-0.25, -0.2) is 17.1 Å².